The SMILES string of the molecule is O=C(CCN1C(=S)N[C@@H](c2ccccn2)[C@H]1c1cccn1-c1cccc(Cl)c1)Nc1ccccc1. The number of benzene rings is 2. The Morgan fingerprint density at radius 2 is 1.86 bits per heavy atom. The fourth-order valence-corrected chi connectivity index (χ4v) is 4.95. The molecule has 0 unspecified atom stereocenters. The van der Waals surface area contributed by atoms with E-state index in [1.165, 1.54) is 0 Å². The number of hydrogen-bond acceptors (Lipinski definition) is 3. The smallest absolute Gasteiger partial charge is 0.226 e. The molecule has 2 N–H and O–H groups in total. The summed E-state index contributed by atoms with van der Waals surface area (Å²) in [6, 6.07) is 26.8. The van der Waals surface area contributed by atoms with Crippen LogP contribution >= 0.6 is 23.8 Å². The number of aromatic nitrogens is 2. The lowest BCUT2D eigenvalue weighted by molar-refractivity contribution is -0.116. The molecular weight excluding hydrogens is 478 g/mol. The molecule has 0 spiro atoms. The molecule has 5 rings (SSSR count). The summed E-state index contributed by atoms with van der Waals surface area (Å²) in [6.07, 6.45) is 4.08. The van der Waals surface area contributed by atoms with Gasteiger partial charge < -0.3 is 20.1 Å². The Kier molecular flexibility index (Phi) is 6.79. The maximum absolute atomic E-state index is 12.7. The van der Waals surface area contributed by atoms with E-state index in [4.69, 9.17) is 23.8 Å². The summed E-state index contributed by atoms with van der Waals surface area (Å²) in [4.78, 5) is 19.4. The van der Waals surface area contributed by atoms with Gasteiger partial charge in [-0.05, 0) is 66.8 Å². The van der Waals surface area contributed by atoms with E-state index in [-0.39, 0.29) is 18.0 Å². The zero-order valence-electron chi connectivity index (χ0n) is 18.8. The molecule has 1 aliphatic rings. The third-order valence-corrected chi connectivity index (χ3v) is 6.59. The van der Waals surface area contributed by atoms with Crippen molar-refractivity contribution < 1.29 is 4.79 Å². The number of halogens is 1. The standard InChI is InChI=1S/C27H24ClN5OS/c28-19-8-6-11-21(18-19)32-16-7-13-23(32)26-25(22-12-4-5-15-29-22)31-27(35)33(26)17-14-24(34)30-20-9-2-1-3-10-20/h1-13,15-16,18,25-26H,14,17H2,(H,30,34)(H,31,35)/t25-,26+/m0/s1. The van der Waals surface area contributed by atoms with Gasteiger partial charge in [0, 0.05) is 47.5 Å². The van der Waals surface area contributed by atoms with Gasteiger partial charge in [0.2, 0.25) is 5.91 Å². The number of anilines is 1. The number of para-hydroxylation sites is 1. The van der Waals surface area contributed by atoms with E-state index >= 15 is 0 Å². The number of nitrogens with one attached hydrogen (secondary N) is 2. The van der Waals surface area contributed by atoms with Crippen LogP contribution in [0.1, 0.15) is 29.9 Å². The van der Waals surface area contributed by atoms with Crippen LogP contribution in [0, 0.1) is 0 Å². The number of carbonyl (C=O) groups is 1. The van der Waals surface area contributed by atoms with Crippen LogP contribution in [0.15, 0.2) is 97.3 Å². The minimum atomic E-state index is -0.172. The van der Waals surface area contributed by atoms with E-state index in [9.17, 15) is 4.79 Å². The van der Waals surface area contributed by atoms with Crippen molar-refractivity contribution in [2.45, 2.75) is 18.5 Å². The summed E-state index contributed by atoms with van der Waals surface area (Å²) in [6.45, 7) is 0.458. The number of carbonyl (C=O) groups excluding carboxylic acids is 1. The van der Waals surface area contributed by atoms with E-state index in [0.29, 0.717) is 23.1 Å². The van der Waals surface area contributed by atoms with Crippen LogP contribution in [0.2, 0.25) is 5.02 Å². The molecule has 0 aliphatic carbocycles. The Hall–Kier alpha value is -3.68. The minimum Gasteiger partial charge on any atom is -0.352 e. The van der Waals surface area contributed by atoms with Gasteiger partial charge in [0.25, 0.3) is 0 Å². The summed E-state index contributed by atoms with van der Waals surface area (Å²) in [5.74, 6) is -0.0655. The van der Waals surface area contributed by atoms with Crippen LogP contribution in [0.5, 0.6) is 0 Å². The average molecular weight is 502 g/mol. The highest BCUT2D eigenvalue weighted by Crippen LogP contribution is 2.39. The number of nitrogens with zero attached hydrogens (tertiary/aromatic N) is 3. The normalized spacial score (nSPS) is 17.3. The van der Waals surface area contributed by atoms with Crippen molar-refractivity contribution in [2.24, 2.45) is 0 Å². The van der Waals surface area contributed by atoms with E-state index in [1.54, 1.807) is 6.20 Å². The van der Waals surface area contributed by atoms with Crippen molar-refractivity contribution in [3.8, 4) is 5.69 Å². The summed E-state index contributed by atoms with van der Waals surface area (Å²) < 4.78 is 2.11. The topological polar surface area (TPSA) is 62.2 Å². The first-order valence-corrected chi connectivity index (χ1v) is 12.1. The molecule has 2 aromatic carbocycles. The van der Waals surface area contributed by atoms with Crippen molar-refractivity contribution >= 4 is 40.5 Å². The summed E-state index contributed by atoms with van der Waals surface area (Å²) >= 11 is 12.0. The number of amides is 1. The first kappa shape index (κ1) is 23.1. The maximum Gasteiger partial charge on any atom is 0.226 e. The monoisotopic (exact) mass is 501 g/mol. The summed E-state index contributed by atoms with van der Waals surface area (Å²) in [5, 5.41) is 7.66. The van der Waals surface area contributed by atoms with Crippen molar-refractivity contribution in [1.29, 1.82) is 0 Å². The quantitative estimate of drug-likeness (QED) is 0.326. The van der Waals surface area contributed by atoms with Gasteiger partial charge >= 0.3 is 0 Å². The molecule has 1 amide bonds. The van der Waals surface area contributed by atoms with Crippen molar-refractivity contribution in [3.05, 3.63) is 114 Å². The molecule has 0 radical (unpaired) electrons. The van der Waals surface area contributed by atoms with E-state index in [2.05, 4.69) is 31.2 Å². The third-order valence-electron chi connectivity index (χ3n) is 6.00. The Balaban J connectivity index is 1.45. The lowest BCUT2D eigenvalue weighted by Gasteiger charge is -2.29. The molecule has 1 aliphatic heterocycles. The molecule has 0 bridgehead atoms. The number of thiocarbonyl (C=S) groups is 1. The predicted octanol–water partition coefficient (Wildman–Crippen LogP) is 5.53. The van der Waals surface area contributed by atoms with Gasteiger partial charge in [-0.3, -0.25) is 9.78 Å². The number of rotatable bonds is 7. The molecule has 3 heterocycles. The van der Waals surface area contributed by atoms with Gasteiger partial charge in [-0.2, -0.15) is 0 Å². The highest BCUT2D eigenvalue weighted by Gasteiger charge is 2.41. The highest BCUT2D eigenvalue weighted by atomic mass is 35.5. The first-order valence-electron chi connectivity index (χ1n) is 11.4. The van der Waals surface area contributed by atoms with E-state index < -0.39 is 0 Å². The molecule has 8 heteroatoms. The fourth-order valence-electron chi connectivity index (χ4n) is 4.43. The lowest BCUT2D eigenvalue weighted by atomic mass is 10.0. The van der Waals surface area contributed by atoms with Crippen LogP contribution < -0.4 is 10.6 Å². The van der Waals surface area contributed by atoms with Gasteiger partial charge in [0.05, 0.1) is 17.8 Å². The summed E-state index contributed by atoms with van der Waals surface area (Å²) in [7, 11) is 0. The zero-order valence-corrected chi connectivity index (χ0v) is 20.4. The summed E-state index contributed by atoms with van der Waals surface area (Å²) in [5.41, 5.74) is 3.64. The fraction of sp³-hybridized carbons (Fsp3) is 0.148. The number of pyridine rings is 1. The third kappa shape index (κ3) is 5.06. The zero-order chi connectivity index (χ0) is 24.2. The first-order chi connectivity index (χ1) is 17.1. The van der Waals surface area contributed by atoms with E-state index in [0.717, 1.165) is 22.8 Å². The van der Waals surface area contributed by atoms with Gasteiger partial charge in [0.1, 0.15) is 0 Å². The molecule has 35 heavy (non-hydrogen) atoms. The molecule has 2 aromatic heterocycles. The number of hydrogen-bond donors (Lipinski definition) is 2. The van der Waals surface area contributed by atoms with Crippen molar-refractivity contribution in [2.75, 3.05) is 11.9 Å². The molecule has 176 valence electrons. The Morgan fingerprint density at radius 1 is 1.03 bits per heavy atom. The van der Waals surface area contributed by atoms with Gasteiger partial charge in [0.15, 0.2) is 5.11 Å². The van der Waals surface area contributed by atoms with Crippen LogP contribution in [-0.4, -0.2) is 32.0 Å². The Bertz CT molecular complexity index is 1330. The maximum atomic E-state index is 12.7. The minimum absolute atomic E-state index is 0.0655. The van der Waals surface area contributed by atoms with Gasteiger partial charge in [-0.15, -0.1) is 0 Å². The second-order valence-electron chi connectivity index (χ2n) is 8.27. The molecule has 6 nitrogen and oxygen atoms in total. The molecule has 1 saturated heterocycles. The van der Waals surface area contributed by atoms with Crippen LogP contribution in [-0.2, 0) is 4.79 Å². The molecular formula is C27H24ClN5OS. The van der Waals surface area contributed by atoms with E-state index in [1.807, 2.05) is 85.1 Å². The van der Waals surface area contributed by atoms with Gasteiger partial charge in [-0.1, -0.05) is 41.9 Å². The van der Waals surface area contributed by atoms with Crippen LogP contribution in [0.4, 0.5) is 5.69 Å². The highest BCUT2D eigenvalue weighted by molar-refractivity contribution is 7.80. The lowest BCUT2D eigenvalue weighted by Crippen LogP contribution is -2.33. The molecule has 0 saturated carbocycles. The molecule has 4 aromatic rings. The Labute approximate surface area is 214 Å². The molecule has 1 fully saturated rings. The second-order valence-corrected chi connectivity index (χ2v) is 9.09. The van der Waals surface area contributed by atoms with Crippen molar-refractivity contribution in [1.82, 2.24) is 19.8 Å². The largest absolute Gasteiger partial charge is 0.352 e. The van der Waals surface area contributed by atoms with Crippen LogP contribution in [0.25, 0.3) is 5.69 Å². The second kappa shape index (κ2) is 10.3. The molecule has 2 atom stereocenters. The van der Waals surface area contributed by atoms with Crippen LogP contribution in [0.3, 0.4) is 0 Å². The average Bonchev–Trinajstić information content (AvgIpc) is 3.48. The predicted molar refractivity (Wildman–Crippen MR) is 143 cm³/mol. The Morgan fingerprint density at radius 3 is 2.63 bits per heavy atom. The van der Waals surface area contributed by atoms with Gasteiger partial charge in [-0.25, -0.2) is 0 Å². The van der Waals surface area contributed by atoms with Crippen molar-refractivity contribution in [3.63, 3.8) is 0 Å².